The van der Waals surface area contributed by atoms with Gasteiger partial charge in [-0.3, -0.25) is 14.6 Å². The molecule has 0 radical (unpaired) electrons. The molecule has 0 aliphatic carbocycles. The lowest BCUT2D eigenvalue weighted by atomic mass is 10.2. The van der Waals surface area contributed by atoms with E-state index in [2.05, 4.69) is 21.4 Å². The molecule has 2 fully saturated rings. The number of para-hydroxylation sites is 1. The maximum atomic E-state index is 13.3. The van der Waals surface area contributed by atoms with Crippen LogP contribution in [0.4, 0.5) is 10.6 Å². The second-order valence-electron chi connectivity index (χ2n) is 11.0. The van der Waals surface area contributed by atoms with Gasteiger partial charge in [0, 0.05) is 50.5 Å². The minimum Gasteiger partial charge on any atom is -0.496 e. The molecule has 2 atom stereocenters. The van der Waals surface area contributed by atoms with Crippen LogP contribution in [0, 0.1) is 0 Å². The first-order valence-electron chi connectivity index (χ1n) is 13.8. The minimum atomic E-state index is -0.647. The number of amides is 2. The Balaban J connectivity index is 1.41. The fourth-order valence-corrected chi connectivity index (χ4v) is 4.75. The van der Waals surface area contributed by atoms with Gasteiger partial charge in [-0.05, 0) is 69.9 Å². The Bertz CT molecular complexity index is 1160. The van der Waals surface area contributed by atoms with Crippen LogP contribution in [0.5, 0.6) is 5.75 Å². The van der Waals surface area contributed by atoms with Crippen molar-refractivity contribution in [3.63, 3.8) is 0 Å². The van der Waals surface area contributed by atoms with Crippen molar-refractivity contribution in [3.8, 4) is 5.75 Å². The van der Waals surface area contributed by atoms with Gasteiger partial charge in [0.2, 0.25) is 0 Å². The lowest BCUT2D eigenvalue weighted by molar-refractivity contribution is -0.198. The molecule has 1 N–H and O–H groups in total. The fourth-order valence-electron chi connectivity index (χ4n) is 4.75. The van der Waals surface area contributed by atoms with E-state index >= 15 is 0 Å². The smallest absolute Gasteiger partial charge is 0.416 e. The molecule has 216 valence electrons. The molecule has 2 aliphatic rings. The standard InChI is InChI=1S/C30H40N4O6/c1-30(2,3)39-29(36)34(24-16-17-33(21-24)20-23-9-5-6-10-25(23)37-4)26-14-12-22(19-31-26)13-15-27(35)32-40-28-11-7-8-18-38-28/h5-6,9-10,12-15,19,24,28H,7-8,11,16-18,20-21H2,1-4H3,(H,32,35)/b15-13+/t24-,28?/m1/s1. The summed E-state index contributed by atoms with van der Waals surface area (Å²) >= 11 is 0. The largest absolute Gasteiger partial charge is 0.496 e. The summed E-state index contributed by atoms with van der Waals surface area (Å²) in [6.45, 7) is 8.40. The predicted octanol–water partition coefficient (Wildman–Crippen LogP) is 4.69. The number of hydroxylamine groups is 1. The van der Waals surface area contributed by atoms with Gasteiger partial charge in [-0.2, -0.15) is 0 Å². The van der Waals surface area contributed by atoms with Gasteiger partial charge in [0.05, 0.1) is 13.2 Å². The van der Waals surface area contributed by atoms with Gasteiger partial charge < -0.3 is 14.2 Å². The SMILES string of the molecule is COc1ccccc1CN1CC[C@@H](N(C(=O)OC(C)(C)C)c2ccc(/C=C/C(=O)NOC3CCCCO3)cn2)C1. The summed E-state index contributed by atoms with van der Waals surface area (Å²) in [6.07, 6.45) is 7.34. The molecule has 4 rings (SSSR count). The van der Waals surface area contributed by atoms with Crippen molar-refractivity contribution in [2.75, 3.05) is 31.7 Å². The number of benzene rings is 1. The summed E-state index contributed by atoms with van der Waals surface area (Å²) in [4.78, 5) is 39.3. The van der Waals surface area contributed by atoms with Crippen LogP contribution >= 0.6 is 0 Å². The zero-order valence-electron chi connectivity index (χ0n) is 23.8. The number of likely N-dealkylation sites (tertiary alicyclic amines) is 1. The highest BCUT2D eigenvalue weighted by Gasteiger charge is 2.35. The molecule has 2 amide bonds. The van der Waals surface area contributed by atoms with E-state index in [9.17, 15) is 9.59 Å². The number of carbonyl (C=O) groups excluding carboxylic acids is 2. The van der Waals surface area contributed by atoms with Gasteiger partial charge in [0.25, 0.3) is 5.91 Å². The monoisotopic (exact) mass is 552 g/mol. The summed E-state index contributed by atoms with van der Waals surface area (Å²) in [5, 5.41) is 0. The molecular weight excluding hydrogens is 512 g/mol. The van der Waals surface area contributed by atoms with E-state index in [1.807, 2.05) is 45.0 Å². The molecule has 0 saturated carbocycles. The van der Waals surface area contributed by atoms with E-state index in [0.29, 0.717) is 24.5 Å². The number of nitrogens with one attached hydrogen (secondary N) is 1. The Morgan fingerprint density at radius 2 is 2.00 bits per heavy atom. The van der Waals surface area contributed by atoms with Crippen molar-refractivity contribution in [1.29, 1.82) is 0 Å². The van der Waals surface area contributed by atoms with Crippen LogP contribution in [0.25, 0.3) is 6.08 Å². The van der Waals surface area contributed by atoms with E-state index in [-0.39, 0.29) is 6.04 Å². The number of hydrogen-bond donors (Lipinski definition) is 1. The van der Waals surface area contributed by atoms with Crippen LogP contribution in [0.15, 0.2) is 48.7 Å². The molecule has 3 heterocycles. The maximum Gasteiger partial charge on any atom is 0.416 e. The van der Waals surface area contributed by atoms with Gasteiger partial charge in [0.15, 0.2) is 6.29 Å². The van der Waals surface area contributed by atoms with Crippen LogP contribution < -0.4 is 15.1 Å². The molecule has 0 spiro atoms. The van der Waals surface area contributed by atoms with Crippen LogP contribution in [0.3, 0.4) is 0 Å². The van der Waals surface area contributed by atoms with Gasteiger partial charge >= 0.3 is 6.09 Å². The lowest BCUT2D eigenvalue weighted by Crippen LogP contribution is -2.45. The fraction of sp³-hybridized carbons (Fsp3) is 0.500. The average molecular weight is 553 g/mol. The minimum absolute atomic E-state index is 0.108. The van der Waals surface area contributed by atoms with E-state index in [4.69, 9.17) is 19.0 Å². The molecule has 1 aromatic carbocycles. The maximum absolute atomic E-state index is 13.3. The number of pyridine rings is 1. The highest BCUT2D eigenvalue weighted by molar-refractivity contribution is 5.91. The number of nitrogens with zero attached hydrogens (tertiary/aromatic N) is 3. The Kier molecular flexibility index (Phi) is 10.1. The third-order valence-electron chi connectivity index (χ3n) is 6.66. The third-order valence-corrected chi connectivity index (χ3v) is 6.66. The quantitative estimate of drug-likeness (QED) is 0.353. The van der Waals surface area contributed by atoms with Crippen molar-refractivity contribution >= 4 is 23.9 Å². The van der Waals surface area contributed by atoms with E-state index in [1.54, 1.807) is 30.3 Å². The normalized spacial score (nSPS) is 19.9. The highest BCUT2D eigenvalue weighted by atomic mass is 16.8. The summed E-state index contributed by atoms with van der Waals surface area (Å²) in [5.41, 5.74) is 3.57. The molecule has 1 aromatic heterocycles. The lowest BCUT2D eigenvalue weighted by Gasteiger charge is -2.31. The van der Waals surface area contributed by atoms with Crippen molar-refractivity contribution in [2.45, 2.75) is 70.9 Å². The van der Waals surface area contributed by atoms with Crippen LogP contribution in [-0.2, 0) is 25.7 Å². The summed E-state index contributed by atoms with van der Waals surface area (Å²) in [5.74, 6) is 0.954. The van der Waals surface area contributed by atoms with Gasteiger partial charge in [0.1, 0.15) is 17.2 Å². The number of aromatic nitrogens is 1. The zero-order chi connectivity index (χ0) is 28.5. The van der Waals surface area contributed by atoms with Crippen molar-refractivity contribution in [2.24, 2.45) is 0 Å². The van der Waals surface area contributed by atoms with Crippen LogP contribution in [-0.4, -0.2) is 66.6 Å². The van der Waals surface area contributed by atoms with Crippen molar-refractivity contribution < 1.29 is 28.6 Å². The number of anilines is 1. The predicted molar refractivity (Wildman–Crippen MR) is 151 cm³/mol. The van der Waals surface area contributed by atoms with Crippen molar-refractivity contribution in [1.82, 2.24) is 15.4 Å². The second kappa shape index (κ2) is 13.7. The van der Waals surface area contributed by atoms with E-state index in [0.717, 1.165) is 50.1 Å². The van der Waals surface area contributed by atoms with Crippen LogP contribution in [0.1, 0.15) is 57.6 Å². The van der Waals surface area contributed by atoms with E-state index < -0.39 is 23.9 Å². The molecule has 0 bridgehead atoms. The van der Waals surface area contributed by atoms with Crippen LogP contribution in [0.2, 0.25) is 0 Å². The van der Waals surface area contributed by atoms with E-state index in [1.165, 1.54) is 6.08 Å². The number of ether oxygens (including phenoxy) is 3. The first-order valence-corrected chi connectivity index (χ1v) is 13.8. The Morgan fingerprint density at radius 3 is 2.70 bits per heavy atom. The first kappa shape index (κ1) is 29.5. The number of methoxy groups -OCH3 is 1. The topological polar surface area (TPSA) is 102 Å². The zero-order valence-corrected chi connectivity index (χ0v) is 23.8. The molecule has 10 nitrogen and oxygen atoms in total. The van der Waals surface area contributed by atoms with Crippen molar-refractivity contribution in [3.05, 3.63) is 59.8 Å². The summed E-state index contributed by atoms with van der Waals surface area (Å²) < 4.78 is 16.7. The molecular formula is C30H40N4O6. The Labute approximate surface area is 236 Å². The first-order chi connectivity index (χ1) is 19.2. The van der Waals surface area contributed by atoms with Gasteiger partial charge in [-0.25, -0.2) is 20.1 Å². The Morgan fingerprint density at radius 1 is 1.18 bits per heavy atom. The molecule has 2 aromatic rings. The number of hydrogen-bond acceptors (Lipinski definition) is 8. The molecule has 2 saturated heterocycles. The average Bonchev–Trinajstić information content (AvgIpc) is 3.39. The van der Waals surface area contributed by atoms with Gasteiger partial charge in [-0.15, -0.1) is 0 Å². The highest BCUT2D eigenvalue weighted by Crippen LogP contribution is 2.27. The number of carbonyl (C=O) groups is 2. The van der Waals surface area contributed by atoms with Gasteiger partial charge in [-0.1, -0.05) is 18.2 Å². The molecule has 40 heavy (non-hydrogen) atoms. The molecule has 2 aliphatic heterocycles. The number of rotatable bonds is 9. The summed E-state index contributed by atoms with van der Waals surface area (Å²) in [7, 11) is 1.67. The third kappa shape index (κ3) is 8.51. The molecule has 1 unspecified atom stereocenters. The molecule has 10 heteroatoms. The Hall–Kier alpha value is -3.47. The second-order valence-corrected chi connectivity index (χ2v) is 11.0. The summed E-state index contributed by atoms with van der Waals surface area (Å²) in [6, 6.07) is 11.5.